The summed E-state index contributed by atoms with van der Waals surface area (Å²) in [5.74, 6) is -2.90. The van der Waals surface area contributed by atoms with Crippen molar-refractivity contribution in [3.8, 4) is 0 Å². The Kier molecular flexibility index (Phi) is 5.16. The van der Waals surface area contributed by atoms with E-state index < -0.39 is 47.6 Å². The summed E-state index contributed by atoms with van der Waals surface area (Å²) in [7, 11) is 0. The first-order chi connectivity index (χ1) is 11.2. The maximum atomic E-state index is 11.4. The zero-order chi connectivity index (χ0) is 18.1. The van der Waals surface area contributed by atoms with Crippen LogP contribution in [-0.2, 0) is 15.3 Å². The van der Waals surface area contributed by atoms with E-state index in [9.17, 15) is 35.3 Å². The van der Waals surface area contributed by atoms with Crippen LogP contribution < -0.4 is 5.32 Å². The minimum absolute atomic E-state index is 0.0104. The number of nitro groups is 1. The van der Waals surface area contributed by atoms with Crippen molar-refractivity contribution in [1.82, 2.24) is 5.32 Å². The molecule has 0 aromatic heterocycles. The first-order valence-corrected chi connectivity index (χ1v) is 7.10. The summed E-state index contributed by atoms with van der Waals surface area (Å²) >= 11 is 0. The third-order valence-electron chi connectivity index (χ3n) is 3.86. The lowest BCUT2D eigenvalue weighted by Gasteiger charge is -2.47. The van der Waals surface area contributed by atoms with Gasteiger partial charge < -0.3 is 30.5 Å². The number of carbonyl (C=O) groups is 1. The smallest absolute Gasteiger partial charge is 0.269 e. The Hall–Kier alpha value is -2.11. The van der Waals surface area contributed by atoms with Crippen molar-refractivity contribution >= 4 is 11.6 Å². The highest BCUT2D eigenvalue weighted by Gasteiger charge is 2.54. The second-order valence-corrected chi connectivity index (χ2v) is 5.50. The van der Waals surface area contributed by atoms with Gasteiger partial charge in [0.2, 0.25) is 11.7 Å². The molecule has 1 fully saturated rings. The lowest BCUT2D eigenvalue weighted by Crippen LogP contribution is -2.68. The van der Waals surface area contributed by atoms with Gasteiger partial charge in [-0.1, -0.05) is 0 Å². The second kappa shape index (κ2) is 6.79. The summed E-state index contributed by atoms with van der Waals surface area (Å²) < 4.78 is 5.32. The number of nitrogens with zero attached hydrogens (tertiary/aromatic N) is 1. The van der Waals surface area contributed by atoms with Crippen LogP contribution in [0, 0.1) is 10.1 Å². The molecule has 1 saturated heterocycles. The van der Waals surface area contributed by atoms with Gasteiger partial charge in [0.05, 0.1) is 11.5 Å². The van der Waals surface area contributed by atoms with Crippen molar-refractivity contribution < 1.29 is 34.9 Å². The van der Waals surface area contributed by atoms with Crippen LogP contribution in [0.2, 0.25) is 0 Å². The molecule has 132 valence electrons. The minimum Gasteiger partial charge on any atom is -0.394 e. The first-order valence-electron chi connectivity index (χ1n) is 7.10. The molecular formula is C14H18N2O8. The molecule has 0 unspecified atom stereocenters. The zero-order valence-corrected chi connectivity index (χ0v) is 12.7. The number of nitro benzene ring substituents is 1. The van der Waals surface area contributed by atoms with Gasteiger partial charge in [0.15, 0.2) is 0 Å². The highest BCUT2D eigenvalue weighted by atomic mass is 16.6. The van der Waals surface area contributed by atoms with Gasteiger partial charge in [-0.3, -0.25) is 14.9 Å². The van der Waals surface area contributed by atoms with E-state index in [0.717, 1.165) is 19.1 Å². The maximum absolute atomic E-state index is 11.4. The molecule has 0 saturated carbocycles. The molecule has 0 aliphatic carbocycles. The quantitative estimate of drug-likeness (QED) is 0.321. The Balaban J connectivity index is 2.46. The predicted octanol–water partition coefficient (Wildman–Crippen LogP) is -1.64. The average Bonchev–Trinajstić information content (AvgIpc) is 2.55. The lowest BCUT2D eigenvalue weighted by atomic mass is 9.86. The number of carbonyl (C=O) groups excluding carboxylic acids is 1. The maximum Gasteiger partial charge on any atom is 0.269 e. The number of ether oxygens (including phenoxy) is 1. The van der Waals surface area contributed by atoms with Gasteiger partial charge >= 0.3 is 0 Å². The Morgan fingerprint density at radius 2 is 1.92 bits per heavy atom. The number of amides is 1. The molecular weight excluding hydrogens is 324 g/mol. The molecule has 1 aliphatic heterocycles. The molecule has 1 amide bonds. The topological polar surface area (TPSA) is 162 Å². The van der Waals surface area contributed by atoms with Gasteiger partial charge in [0.1, 0.15) is 24.4 Å². The summed E-state index contributed by atoms with van der Waals surface area (Å²) in [6, 6.07) is 3.19. The Morgan fingerprint density at radius 3 is 2.38 bits per heavy atom. The van der Waals surface area contributed by atoms with E-state index in [1.807, 2.05) is 0 Å². The normalized spacial score (nSPS) is 33.0. The van der Waals surface area contributed by atoms with Gasteiger partial charge in [0, 0.05) is 24.6 Å². The number of rotatable bonds is 4. The van der Waals surface area contributed by atoms with Crippen molar-refractivity contribution in [1.29, 1.82) is 0 Å². The van der Waals surface area contributed by atoms with Crippen LogP contribution in [0.15, 0.2) is 24.3 Å². The number of nitrogens with one attached hydrogen (secondary N) is 1. The summed E-state index contributed by atoms with van der Waals surface area (Å²) in [6.45, 7) is 0.452. The van der Waals surface area contributed by atoms with Crippen molar-refractivity contribution in [2.75, 3.05) is 6.61 Å². The van der Waals surface area contributed by atoms with Gasteiger partial charge in [-0.15, -0.1) is 0 Å². The predicted molar refractivity (Wildman–Crippen MR) is 78.6 cm³/mol. The highest BCUT2D eigenvalue weighted by molar-refractivity contribution is 5.73. The van der Waals surface area contributed by atoms with Crippen LogP contribution in [0.4, 0.5) is 5.69 Å². The molecule has 1 aromatic carbocycles. The monoisotopic (exact) mass is 342 g/mol. The van der Waals surface area contributed by atoms with Crippen LogP contribution in [-0.4, -0.2) is 62.2 Å². The molecule has 1 aromatic rings. The van der Waals surface area contributed by atoms with Gasteiger partial charge in [-0.2, -0.15) is 0 Å². The van der Waals surface area contributed by atoms with Gasteiger partial charge in [-0.25, -0.2) is 0 Å². The standard InChI is InChI=1S/C14H18N2O8/c1-7(18)15-13-12(20)11(19)10(6-17)24-14(13,21)8-2-4-9(5-3-8)16(22)23/h2-5,10-13,17,19-21H,6H2,1H3,(H,15,18)/t10-,11-,12+,13-,14-/m1/s1. The fourth-order valence-corrected chi connectivity index (χ4v) is 2.64. The van der Waals surface area contributed by atoms with E-state index in [2.05, 4.69) is 5.32 Å². The van der Waals surface area contributed by atoms with Crippen LogP contribution in [0.25, 0.3) is 0 Å². The molecule has 0 spiro atoms. The van der Waals surface area contributed by atoms with E-state index in [4.69, 9.17) is 4.74 Å². The third kappa shape index (κ3) is 3.23. The van der Waals surface area contributed by atoms with Gasteiger partial charge in [-0.05, 0) is 12.1 Å². The largest absolute Gasteiger partial charge is 0.394 e. The summed E-state index contributed by atoms with van der Waals surface area (Å²) in [5.41, 5.74) is -0.218. The lowest BCUT2D eigenvalue weighted by molar-refractivity contribution is -0.385. The summed E-state index contributed by atoms with van der Waals surface area (Å²) in [5, 5.41) is 53.3. The van der Waals surface area contributed by atoms with Gasteiger partial charge in [0.25, 0.3) is 5.69 Å². The van der Waals surface area contributed by atoms with Crippen LogP contribution >= 0.6 is 0 Å². The highest BCUT2D eigenvalue weighted by Crippen LogP contribution is 2.36. The molecule has 1 heterocycles. The molecule has 2 rings (SSSR count). The number of aliphatic hydroxyl groups is 4. The van der Waals surface area contributed by atoms with E-state index in [1.54, 1.807) is 0 Å². The Morgan fingerprint density at radius 1 is 1.33 bits per heavy atom. The average molecular weight is 342 g/mol. The number of hydrogen-bond donors (Lipinski definition) is 5. The molecule has 0 radical (unpaired) electrons. The van der Waals surface area contributed by atoms with Crippen molar-refractivity contribution in [3.05, 3.63) is 39.9 Å². The molecule has 24 heavy (non-hydrogen) atoms. The van der Waals surface area contributed by atoms with E-state index in [0.29, 0.717) is 0 Å². The fraction of sp³-hybridized carbons (Fsp3) is 0.500. The molecule has 5 atom stereocenters. The van der Waals surface area contributed by atoms with Crippen molar-refractivity contribution in [2.45, 2.75) is 37.1 Å². The van der Waals surface area contributed by atoms with E-state index in [1.165, 1.54) is 12.1 Å². The molecule has 10 nitrogen and oxygen atoms in total. The third-order valence-corrected chi connectivity index (χ3v) is 3.86. The van der Waals surface area contributed by atoms with Crippen molar-refractivity contribution in [3.63, 3.8) is 0 Å². The molecule has 0 bridgehead atoms. The number of benzene rings is 1. The van der Waals surface area contributed by atoms with Crippen molar-refractivity contribution in [2.24, 2.45) is 0 Å². The SMILES string of the molecule is CC(=O)N[C@@H]1[C@@H](O)[C@H](O)[C@@H](CO)O[C@]1(O)c1ccc([N+](=O)[O-])cc1. The van der Waals surface area contributed by atoms with Crippen LogP contribution in [0.5, 0.6) is 0 Å². The second-order valence-electron chi connectivity index (χ2n) is 5.50. The molecule has 10 heteroatoms. The zero-order valence-electron chi connectivity index (χ0n) is 12.7. The van der Waals surface area contributed by atoms with Crippen LogP contribution in [0.3, 0.4) is 0 Å². The Bertz CT molecular complexity index is 622. The minimum atomic E-state index is -2.30. The fourth-order valence-electron chi connectivity index (χ4n) is 2.64. The first kappa shape index (κ1) is 18.2. The summed E-state index contributed by atoms with van der Waals surface area (Å²) in [4.78, 5) is 21.5. The van der Waals surface area contributed by atoms with E-state index >= 15 is 0 Å². The molecule has 1 aliphatic rings. The number of non-ortho nitro benzene ring substituents is 1. The number of hydrogen-bond acceptors (Lipinski definition) is 8. The van der Waals surface area contributed by atoms with Crippen LogP contribution in [0.1, 0.15) is 12.5 Å². The molecule has 5 N–H and O–H groups in total. The number of aliphatic hydroxyl groups excluding tert-OH is 3. The Labute approximate surface area is 136 Å². The van der Waals surface area contributed by atoms with E-state index in [-0.39, 0.29) is 11.3 Å². The summed E-state index contributed by atoms with van der Waals surface area (Å²) in [6.07, 6.45) is -4.50.